The second-order valence-corrected chi connectivity index (χ2v) is 4.82. The van der Waals surface area contributed by atoms with Crippen LogP contribution in [0.5, 0.6) is 5.75 Å². The van der Waals surface area contributed by atoms with E-state index in [0.717, 1.165) is 0 Å². The minimum Gasteiger partial charge on any atom is -0.432 e. The van der Waals surface area contributed by atoms with Crippen molar-refractivity contribution in [1.29, 1.82) is 0 Å². The van der Waals surface area contributed by atoms with Gasteiger partial charge in [-0.05, 0) is 37.6 Å². The molecule has 130 valence electrons. The SMILES string of the molecule is CCOCCCNC(=O)Nc1ccc(OC(F)F)c2ncccc12. The van der Waals surface area contributed by atoms with E-state index in [1.807, 2.05) is 6.92 Å². The summed E-state index contributed by atoms with van der Waals surface area (Å²) in [5.41, 5.74) is 0.717. The topological polar surface area (TPSA) is 72.5 Å². The number of ether oxygens (including phenoxy) is 2. The van der Waals surface area contributed by atoms with Crippen molar-refractivity contribution in [2.45, 2.75) is 20.0 Å². The van der Waals surface area contributed by atoms with Gasteiger partial charge in [-0.3, -0.25) is 4.98 Å². The molecule has 8 heteroatoms. The van der Waals surface area contributed by atoms with Crippen molar-refractivity contribution in [3.05, 3.63) is 30.5 Å². The largest absolute Gasteiger partial charge is 0.432 e. The van der Waals surface area contributed by atoms with Crippen molar-refractivity contribution in [1.82, 2.24) is 10.3 Å². The van der Waals surface area contributed by atoms with Crippen LogP contribution in [0.1, 0.15) is 13.3 Å². The van der Waals surface area contributed by atoms with Crippen molar-refractivity contribution in [2.75, 3.05) is 25.1 Å². The number of alkyl halides is 2. The average molecular weight is 339 g/mol. The molecule has 1 aromatic heterocycles. The van der Waals surface area contributed by atoms with E-state index in [-0.39, 0.29) is 17.3 Å². The van der Waals surface area contributed by atoms with Gasteiger partial charge in [-0.1, -0.05) is 0 Å². The maximum Gasteiger partial charge on any atom is 0.387 e. The summed E-state index contributed by atoms with van der Waals surface area (Å²) in [5, 5.41) is 5.90. The molecule has 0 unspecified atom stereocenters. The van der Waals surface area contributed by atoms with Crippen molar-refractivity contribution in [3.8, 4) is 5.75 Å². The van der Waals surface area contributed by atoms with Crippen molar-refractivity contribution in [3.63, 3.8) is 0 Å². The Morgan fingerprint density at radius 3 is 2.92 bits per heavy atom. The normalized spacial score (nSPS) is 10.8. The fraction of sp³-hybridized carbons (Fsp3) is 0.375. The zero-order valence-corrected chi connectivity index (χ0v) is 13.2. The molecule has 0 spiro atoms. The maximum absolute atomic E-state index is 12.4. The molecule has 6 nitrogen and oxygen atoms in total. The third-order valence-electron chi connectivity index (χ3n) is 3.15. The average Bonchev–Trinajstić information content (AvgIpc) is 2.56. The van der Waals surface area contributed by atoms with Gasteiger partial charge in [0, 0.05) is 31.3 Å². The Hall–Kier alpha value is -2.48. The number of anilines is 1. The van der Waals surface area contributed by atoms with E-state index >= 15 is 0 Å². The van der Waals surface area contributed by atoms with Crippen LogP contribution in [0.2, 0.25) is 0 Å². The van der Waals surface area contributed by atoms with Crippen LogP contribution in [0, 0.1) is 0 Å². The van der Waals surface area contributed by atoms with Gasteiger partial charge in [-0.15, -0.1) is 0 Å². The molecular weight excluding hydrogens is 320 g/mol. The van der Waals surface area contributed by atoms with Crippen LogP contribution in [-0.4, -0.2) is 37.4 Å². The summed E-state index contributed by atoms with van der Waals surface area (Å²) in [6.07, 6.45) is 2.17. The van der Waals surface area contributed by atoms with Gasteiger partial charge in [0.2, 0.25) is 0 Å². The summed E-state index contributed by atoms with van der Waals surface area (Å²) in [5.74, 6) is -0.0386. The molecule has 0 saturated carbocycles. The second-order valence-electron chi connectivity index (χ2n) is 4.82. The number of hydrogen-bond acceptors (Lipinski definition) is 4. The minimum absolute atomic E-state index is 0.0386. The van der Waals surface area contributed by atoms with Gasteiger partial charge in [-0.2, -0.15) is 8.78 Å². The predicted molar refractivity (Wildman–Crippen MR) is 86.5 cm³/mol. The van der Waals surface area contributed by atoms with Crippen molar-refractivity contribution in [2.24, 2.45) is 0 Å². The Labute approximate surface area is 138 Å². The van der Waals surface area contributed by atoms with Crippen molar-refractivity contribution < 1.29 is 23.0 Å². The lowest BCUT2D eigenvalue weighted by molar-refractivity contribution is -0.0489. The van der Waals surface area contributed by atoms with Crippen molar-refractivity contribution >= 4 is 22.6 Å². The second kappa shape index (κ2) is 8.97. The van der Waals surface area contributed by atoms with Gasteiger partial charge in [0.15, 0.2) is 5.75 Å². The molecule has 2 aromatic rings. The van der Waals surface area contributed by atoms with E-state index < -0.39 is 6.61 Å². The Balaban J connectivity index is 2.05. The number of aromatic nitrogens is 1. The number of fused-ring (bicyclic) bond motifs is 1. The number of carbonyl (C=O) groups is 1. The number of carbonyl (C=O) groups excluding carboxylic acids is 1. The van der Waals surface area contributed by atoms with E-state index in [9.17, 15) is 13.6 Å². The molecule has 0 radical (unpaired) electrons. The van der Waals surface area contributed by atoms with E-state index in [4.69, 9.17) is 4.74 Å². The molecule has 2 rings (SSSR count). The van der Waals surface area contributed by atoms with Crippen LogP contribution in [0.3, 0.4) is 0 Å². The molecular formula is C16H19F2N3O3. The Morgan fingerprint density at radius 1 is 1.33 bits per heavy atom. The molecule has 1 aromatic carbocycles. The Bertz CT molecular complexity index is 683. The van der Waals surface area contributed by atoms with E-state index in [1.165, 1.54) is 18.3 Å². The Morgan fingerprint density at radius 2 is 2.17 bits per heavy atom. The lowest BCUT2D eigenvalue weighted by atomic mass is 10.1. The number of hydrogen-bond donors (Lipinski definition) is 2. The van der Waals surface area contributed by atoms with E-state index in [2.05, 4.69) is 20.4 Å². The molecule has 1 heterocycles. The van der Waals surface area contributed by atoms with Gasteiger partial charge < -0.3 is 20.1 Å². The molecule has 0 fully saturated rings. The Kier molecular flexibility index (Phi) is 6.68. The standard InChI is InChI=1S/C16H19F2N3O3/c1-2-23-10-4-9-20-16(22)21-12-6-7-13(24-15(17)18)14-11(12)5-3-8-19-14/h3,5-8,15H,2,4,9-10H2,1H3,(H2,20,21,22). The first-order chi connectivity index (χ1) is 11.6. The number of amides is 2. The lowest BCUT2D eigenvalue weighted by Gasteiger charge is -2.12. The van der Waals surface area contributed by atoms with Gasteiger partial charge in [0.1, 0.15) is 5.52 Å². The third kappa shape index (κ3) is 5.02. The highest BCUT2D eigenvalue weighted by atomic mass is 19.3. The summed E-state index contributed by atoms with van der Waals surface area (Å²) in [6.45, 7) is 0.638. The van der Waals surface area contributed by atoms with Crippen LogP contribution in [-0.2, 0) is 4.74 Å². The first-order valence-electron chi connectivity index (χ1n) is 7.57. The van der Waals surface area contributed by atoms with E-state index in [1.54, 1.807) is 12.1 Å². The highest BCUT2D eigenvalue weighted by Gasteiger charge is 2.13. The number of benzene rings is 1. The van der Waals surface area contributed by atoms with Gasteiger partial charge >= 0.3 is 12.6 Å². The van der Waals surface area contributed by atoms with E-state index in [0.29, 0.717) is 37.3 Å². The van der Waals surface area contributed by atoms with Gasteiger partial charge in [0.25, 0.3) is 0 Å². The quantitative estimate of drug-likeness (QED) is 0.723. The molecule has 0 saturated heterocycles. The molecule has 24 heavy (non-hydrogen) atoms. The van der Waals surface area contributed by atoms with Crippen LogP contribution in [0.15, 0.2) is 30.5 Å². The fourth-order valence-electron chi connectivity index (χ4n) is 2.13. The minimum atomic E-state index is -2.94. The fourth-order valence-corrected chi connectivity index (χ4v) is 2.13. The summed E-state index contributed by atoms with van der Waals surface area (Å²) in [7, 11) is 0. The van der Waals surface area contributed by atoms with Crippen LogP contribution >= 0.6 is 0 Å². The monoisotopic (exact) mass is 339 g/mol. The number of pyridine rings is 1. The zero-order valence-electron chi connectivity index (χ0n) is 13.2. The molecule has 0 aliphatic carbocycles. The summed E-state index contributed by atoms with van der Waals surface area (Å²) >= 11 is 0. The smallest absolute Gasteiger partial charge is 0.387 e. The predicted octanol–water partition coefficient (Wildman–Crippen LogP) is 3.38. The molecule has 2 N–H and O–H groups in total. The third-order valence-corrected chi connectivity index (χ3v) is 3.15. The first-order valence-corrected chi connectivity index (χ1v) is 7.57. The number of rotatable bonds is 8. The maximum atomic E-state index is 12.4. The highest BCUT2D eigenvalue weighted by molar-refractivity contribution is 6.02. The molecule has 0 atom stereocenters. The molecule has 2 amide bonds. The highest BCUT2D eigenvalue weighted by Crippen LogP contribution is 2.30. The number of nitrogens with one attached hydrogen (secondary N) is 2. The van der Waals surface area contributed by atoms with Crippen LogP contribution < -0.4 is 15.4 Å². The number of urea groups is 1. The molecule has 0 aliphatic heterocycles. The summed E-state index contributed by atoms with van der Waals surface area (Å²) < 4.78 is 34.5. The first kappa shape index (κ1) is 17.9. The van der Waals surface area contributed by atoms with Gasteiger partial charge in [0.05, 0.1) is 5.69 Å². The summed E-state index contributed by atoms with van der Waals surface area (Å²) in [4.78, 5) is 16.0. The summed E-state index contributed by atoms with van der Waals surface area (Å²) in [6, 6.07) is 5.79. The number of halogens is 2. The lowest BCUT2D eigenvalue weighted by Crippen LogP contribution is -2.30. The van der Waals surface area contributed by atoms with Gasteiger partial charge in [-0.25, -0.2) is 4.79 Å². The van der Waals surface area contributed by atoms with Crippen LogP contribution in [0.4, 0.5) is 19.3 Å². The molecule has 0 aliphatic rings. The zero-order chi connectivity index (χ0) is 17.4. The molecule has 0 bridgehead atoms. The van der Waals surface area contributed by atoms with Crippen LogP contribution in [0.25, 0.3) is 10.9 Å². The number of nitrogens with zero attached hydrogens (tertiary/aromatic N) is 1.